The molecule has 1 saturated heterocycles. The third kappa shape index (κ3) is 8.09. The smallest absolute Gasteiger partial charge is 0.409 e. The normalized spacial score (nSPS) is 23.0. The van der Waals surface area contributed by atoms with Crippen molar-refractivity contribution in [2.45, 2.75) is 83.2 Å². The molecule has 0 aliphatic carbocycles. The molecule has 0 spiro atoms. The van der Waals surface area contributed by atoms with Gasteiger partial charge in [-0.2, -0.15) is 0 Å². The van der Waals surface area contributed by atoms with Crippen LogP contribution >= 0.6 is 0 Å². The molecule has 26 heavy (non-hydrogen) atoms. The van der Waals surface area contributed by atoms with Crippen molar-refractivity contribution < 1.29 is 19.0 Å². The summed E-state index contributed by atoms with van der Waals surface area (Å²) >= 11 is 0. The van der Waals surface area contributed by atoms with Crippen molar-refractivity contribution in [3.8, 4) is 0 Å². The van der Waals surface area contributed by atoms with E-state index in [9.17, 15) is 4.79 Å². The van der Waals surface area contributed by atoms with Crippen LogP contribution < -0.4 is 0 Å². The average Bonchev–Trinajstić information content (AvgIpc) is 2.65. The first-order valence-electron chi connectivity index (χ1n) is 10.2. The highest BCUT2D eigenvalue weighted by atomic mass is 16.7. The molecule has 1 aliphatic rings. The molecule has 0 radical (unpaired) electrons. The highest BCUT2D eigenvalue weighted by molar-refractivity contribution is 5.68. The van der Waals surface area contributed by atoms with E-state index in [1.807, 2.05) is 11.0 Å². The van der Waals surface area contributed by atoms with Gasteiger partial charge in [-0.3, -0.25) is 0 Å². The number of carbonyl (C=O) groups excluding carboxylic acids is 1. The third-order valence-corrected chi connectivity index (χ3v) is 5.43. The Hall–Kier alpha value is -1.07. The number of hydrogen-bond donors (Lipinski definition) is 0. The minimum atomic E-state index is -0.170. The van der Waals surface area contributed by atoms with E-state index in [-0.39, 0.29) is 12.1 Å². The molecule has 1 rings (SSSR count). The van der Waals surface area contributed by atoms with Crippen molar-refractivity contribution in [1.82, 2.24) is 4.90 Å². The van der Waals surface area contributed by atoms with Gasteiger partial charge in [-0.15, -0.1) is 6.58 Å². The molecule has 0 saturated carbocycles. The second kappa shape index (κ2) is 14.0. The van der Waals surface area contributed by atoms with Crippen LogP contribution in [0.25, 0.3) is 0 Å². The lowest BCUT2D eigenvalue weighted by molar-refractivity contribution is -0.0355. The van der Waals surface area contributed by atoms with E-state index in [0.29, 0.717) is 25.4 Å². The lowest BCUT2D eigenvalue weighted by Crippen LogP contribution is -2.53. The molecule has 1 fully saturated rings. The maximum atomic E-state index is 12.5. The Balaban J connectivity index is 2.53. The molecule has 0 aromatic heterocycles. The van der Waals surface area contributed by atoms with Crippen LogP contribution in [0.3, 0.4) is 0 Å². The Labute approximate surface area is 160 Å². The maximum absolute atomic E-state index is 12.5. The predicted octanol–water partition coefficient (Wildman–Crippen LogP) is 5.15. The van der Waals surface area contributed by atoms with Crippen LogP contribution in [-0.2, 0) is 14.2 Å². The van der Waals surface area contributed by atoms with E-state index < -0.39 is 0 Å². The molecular weight excluding hydrogens is 330 g/mol. The van der Waals surface area contributed by atoms with E-state index in [1.165, 1.54) is 39.2 Å². The first-order valence-corrected chi connectivity index (χ1v) is 10.2. The molecule has 1 heterocycles. The Bertz CT molecular complexity index is 388. The summed E-state index contributed by atoms with van der Waals surface area (Å²) in [5, 5.41) is 0. The van der Waals surface area contributed by atoms with Crippen LogP contribution in [0.4, 0.5) is 4.79 Å². The molecule has 0 aromatic rings. The van der Waals surface area contributed by atoms with Crippen LogP contribution in [0.15, 0.2) is 12.7 Å². The van der Waals surface area contributed by atoms with Crippen LogP contribution in [0.5, 0.6) is 0 Å². The van der Waals surface area contributed by atoms with Gasteiger partial charge in [0, 0.05) is 25.8 Å². The van der Waals surface area contributed by atoms with E-state index in [0.717, 1.165) is 32.1 Å². The number of piperidine rings is 1. The van der Waals surface area contributed by atoms with Gasteiger partial charge in [0.2, 0.25) is 0 Å². The zero-order chi connectivity index (χ0) is 19.2. The molecule has 0 unspecified atom stereocenters. The van der Waals surface area contributed by atoms with Crippen LogP contribution in [0, 0.1) is 5.92 Å². The fourth-order valence-electron chi connectivity index (χ4n) is 3.99. The van der Waals surface area contributed by atoms with Crippen molar-refractivity contribution in [2.75, 3.05) is 27.6 Å². The third-order valence-electron chi connectivity index (χ3n) is 5.43. The second-order valence-electron chi connectivity index (χ2n) is 7.39. The molecule has 1 amide bonds. The zero-order valence-corrected chi connectivity index (χ0v) is 17.1. The summed E-state index contributed by atoms with van der Waals surface area (Å²) < 4.78 is 15.4. The lowest BCUT2D eigenvalue weighted by atomic mass is 9.83. The first-order chi connectivity index (χ1) is 12.7. The SMILES string of the molecule is C=CCCCCCC[C@H]1CC[C@H](C)[C@@H](CCCOCOC)N1C(=O)OC. The molecule has 3 atom stereocenters. The van der Waals surface area contributed by atoms with Crippen LogP contribution in [-0.4, -0.2) is 50.7 Å². The van der Waals surface area contributed by atoms with Crippen molar-refractivity contribution >= 4 is 6.09 Å². The Kier molecular flexibility index (Phi) is 12.4. The van der Waals surface area contributed by atoms with Crippen molar-refractivity contribution in [3.05, 3.63) is 12.7 Å². The summed E-state index contributed by atoms with van der Waals surface area (Å²) in [6.07, 6.45) is 13.0. The summed E-state index contributed by atoms with van der Waals surface area (Å²) in [5.74, 6) is 0.500. The maximum Gasteiger partial charge on any atom is 0.409 e. The molecular formula is C21H39NO4. The number of rotatable bonds is 13. The lowest BCUT2D eigenvalue weighted by Gasteiger charge is -2.45. The van der Waals surface area contributed by atoms with E-state index in [2.05, 4.69) is 13.5 Å². The number of methoxy groups -OCH3 is 2. The summed E-state index contributed by atoms with van der Waals surface area (Å²) in [4.78, 5) is 14.5. The summed E-state index contributed by atoms with van der Waals surface area (Å²) in [6.45, 7) is 7.02. The number of nitrogens with zero attached hydrogens (tertiary/aromatic N) is 1. The number of hydrogen-bond acceptors (Lipinski definition) is 4. The first kappa shape index (κ1) is 23.0. The van der Waals surface area contributed by atoms with Gasteiger partial charge in [0.15, 0.2) is 0 Å². The molecule has 152 valence electrons. The van der Waals surface area contributed by atoms with Gasteiger partial charge in [0.25, 0.3) is 0 Å². The standard InChI is InChI=1S/C21H39NO4/c1-5-6-7-8-9-10-12-19-15-14-18(2)20(22(19)21(23)25-4)13-11-16-26-17-24-3/h5,18-20H,1,6-17H2,2-4H3/t18-,19-,20+/m0/s1. The monoisotopic (exact) mass is 369 g/mol. The topological polar surface area (TPSA) is 48.0 Å². The minimum absolute atomic E-state index is 0.170. The van der Waals surface area contributed by atoms with Gasteiger partial charge >= 0.3 is 6.09 Å². The number of carbonyl (C=O) groups is 1. The van der Waals surface area contributed by atoms with Crippen molar-refractivity contribution in [1.29, 1.82) is 0 Å². The summed E-state index contributed by atoms with van der Waals surface area (Å²) in [6, 6.07) is 0.552. The highest BCUT2D eigenvalue weighted by Crippen LogP contribution is 2.33. The van der Waals surface area contributed by atoms with Crippen LogP contribution in [0.2, 0.25) is 0 Å². The number of likely N-dealkylation sites (tertiary alicyclic amines) is 1. The van der Waals surface area contributed by atoms with E-state index in [4.69, 9.17) is 14.2 Å². The minimum Gasteiger partial charge on any atom is -0.453 e. The number of allylic oxidation sites excluding steroid dienone is 1. The quantitative estimate of drug-likeness (QED) is 0.256. The summed E-state index contributed by atoms with van der Waals surface area (Å²) in [7, 11) is 3.12. The molecule has 0 N–H and O–H groups in total. The Morgan fingerprint density at radius 3 is 2.58 bits per heavy atom. The molecule has 5 nitrogen and oxygen atoms in total. The molecule has 0 aromatic carbocycles. The largest absolute Gasteiger partial charge is 0.453 e. The molecule has 0 bridgehead atoms. The molecule has 1 aliphatic heterocycles. The Morgan fingerprint density at radius 2 is 1.88 bits per heavy atom. The fraction of sp³-hybridized carbons (Fsp3) is 0.857. The van der Waals surface area contributed by atoms with Gasteiger partial charge in [-0.05, 0) is 50.9 Å². The highest BCUT2D eigenvalue weighted by Gasteiger charge is 2.38. The second-order valence-corrected chi connectivity index (χ2v) is 7.39. The van der Waals surface area contributed by atoms with Gasteiger partial charge in [0.05, 0.1) is 7.11 Å². The summed E-state index contributed by atoms with van der Waals surface area (Å²) in [5.41, 5.74) is 0. The van der Waals surface area contributed by atoms with Gasteiger partial charge in [-0.1, -0.05) is 32.3 Å². The van der Waals surface area contributed by atoms with Crippen molar-refractivity contribution in [2.24, 2.45) is 5.92 Å². The van der Waals surface area contributed by atoms with E-state index >= 15 is 0 Å². The predicted molar refractivity (Wildman–Crippen MR) is 105 cm³/mol. The van der Waals surface area contributed by atoms with Gasteiger partial charge in [-0.25, -0.2) is 4.79 Å². The number of ether oxygens (including phenoxy) is 3. The number of unbranched alkanes of at least 4 members (excludes halogenated alkanes) is 4. The Morgan fingerprint density at radius 1 is 1.12 bits per heavy atom. The zero-order valence-electron chi connectivity index (χ0n) is 17.1. The number of amides is 1. The van der Waals surface area contributed by atoms with Crippen LogP contribution in [0.1, 0.15) is 71.1 Å². The molecule has 5 heteroatoms. The fourth-order valence-corrected chi connectivity index (χ4v) is 3.99. The van der Waals surface area contributed by atoms with E-state index in [1.54, 1.807) is 7.11 Å². The average molecular weight is 370 g/mol. The van der Waals surface area contributed by atoms with Gasteiger partial charge < -0.3 is 19.1 Å². The van der Waals surface area contributed by atoms with Gasteiger partial charge in [0.1, 0.15) is 6.79 Å². The van der Waals surface area contributed by atoms with Crippen molar-refractivity contribution in [3.63, 3.8) is 0 Å².